The Morgan fingerprint density at radius 1 is 1.25 bits per heavy atom. The number of nitrogens with two attached hydrogens (primary N) is 1. The molecule has 1 aromatic carbocycles. The van der Waals surface area contributed by atoms with Crippen LogP contribution in [0.2, 0.25) is 0 Å². The van der Waals surface area contributed by atoms with Crippen molar-refractivity contribution in [3.63, 3.8) is 0 Å². The van der Waals surface area contributed by atoms with Crippen molar-refractivity contribution in [3.8, 4) is 5.75 Å². The van der Waals surface area contributed by atoms with E-state index in [2.05, 4.69) is 39.5 Å². The zero-order chi connectivity index (χ0) is 19.8. The molecule has 0 amide bonds. The number of hydrogen-bond donors (Lipinski definition) is 1. The minimum Gasteiger partial charge on any atom is -0.497 e. The van der Waals surface area contributed by atoms with Crippen molar-refractivity contribution in [2.75, 3.05) is 26.9 Å². The van der Waals surface area contributed by atoms with Crippen LogP contribution in [0.1, 0.15) is 37.7 Å². The van der Waals surface area contributed by atoms with Crippen LogP contribution in [0.25, 0.3) is 0 Å². The van der Waals surface area contributed by atoms with Gasteiger partial charge in [-0.3, -0.25) is 4.90 Å². The lowest BCUT2D eigenvalue weighted by atomic mass is 9.75. The fourth-order valence-corrected chi connectivity index (χ4v) is 5.73. The van der Waals surface area contributed by atoms with E-state index in [1.54, 1.807) is 7.11 Å². The van der Waals surface area contributed by atoms with E-state index in [4.69, 9.17) is 19.9 Å². The summed E-state index contributed by atoms with van der Waals surface area (Å²) in [5.41, 5.74) is 7.86. The fourth-order valence-electron chi connectivity index (χ4n) is 5.32. The predicted molar refractivity (Wildman–Crippen MR) is 114 cm³/mol. The summed E-state index contributed by atoms with van der Waals surface area (Å²) in [6, 6.07) is 8.73. The molecular weight excluding hydrogens is 420 g/mol. The van der Waals surface area contributed by atoms with Crippen molar-refractivity contribution in [1.82, 2.24) is 4.90 Å². The van der Waals surface area contributed by atoms with Crippen LogP contribution < -0.4 is 10.5 Å². The molecule has 3 aliphatic rings. The van der Waals surface area contributed by atoms with Crippen LogP contribution >= 0.6 is 15.9 Å². The molecule has 28 heavy (non-hydrogen) atoms. The summed E-state index contributed by atoms with van der Waals surface area (Å²) in [6.07, 6.45) is 5.93. The van der Waals surface area contributed by atoms with Crippen molar-refractivity contribution < 1.29 is 14.2 Å². The van der Waals surface area contributed by atoms with Crippen molar-refractivity contribution in [1.29, 1.82) is 0 Å². The predicted octanol–water partition coefficient (Wildman–Crippen LogP) is 3.60. The van der Waals surface area contributed by atoms with Gasteiger partial charge in [0.15, 0.2) is 5.79 Å². The topological polar surface area (TPSA) is 57.0 Å². The first-order valence-corrected chi connectivity index (χ1v) is 11.0. The third kappa shape index (κ3) is 3.90. The molecule has 2 atom stereocenters. The van der Waals surface area contributed by atoms with Gasteiger partial charge in [-0.1, -0.05) is 34.6 Å². The Balaban J connectivity index is 1.53. The molecule has 1 aromatic rings. The van der Waals surface area contributed by atoms with Crippen molar-refractivity contribution >= 4 is 15.9 Å². The van der Waals surface area contributed by atoms with Crippen LogP contribution in [0.4, 0.5) is 0 Å². The van der Waals surface area contributed by atoms with Gasteiger partial charge in [0.25, 0.3) is 0 Å². The molecule has 1 unspecified atom stereocenters. The highest BCUT2D eigenvalue weighted by Crippen LogP contribution is 2.49. The number of rotatable bonds is 5. The number of halogens is 1. The minimum absolute atomic E-state index is 0.105. The highest BCUT2D eigenvalue weighted by Gasteiger charge is 2.53. The summed E-state index contributed by atoms with van der Waals surface area (Å²) >= 11 is 3.72. The summed E-state index contributed by atoms with van der Waals surface area (Å²) in [6.45, 7) is 6.60. The monoisotopic (exact) mass is 450 g/mol. The van der Waals surface area contributed by atoms with E-state index in [-0.39, 0.29) is 23.4 Å². The first-order valence-electron chi connectivity index (χ1n) is 10.2. The third-order valence-corrected chi connectivity index (χ3v) is 7.29. The maximum Gasteiger partial charge on any atom is 0.168 e. The van der Waals surface area contributed by atoms with Crippen LogP contribution in [0.15, 0.2) is 35.3 Å². The van der Waals surface area contributed by atoms with Crippen LogP contribution in [-0.4, -0.2) is 55.2 Å². The second kappa shape index (κ2) is 8.07. The second-order valence-corrected chi connectivity index (χ2v) is 9.48. The molecule has 2 N–H and O–H groups in total. The normalized spacial score (nSPS) is 27.3. The van der Waals surface area contributed by atoms with Crippen molar-refractivity contribution in [2.24, 2.45) is 5.73 Å². The first kappa shape index (κ1) is 20.4. The lowest BCUT2D eigenvalue weighted by molar-refractivity contribution is -0.193. The molecule has 0 radical (unpaired) electrons. The molecule has 2 heterocycles. The first-order chi connectivity index (χ1) is 13.5. The van der Waals surface area contributed by atoms with Crippen molar-refractivity contribution in [3.05, 3.63) is 40.9 Å². The number of methoxy groups -OCH3 is 1. The van der Waals surface area contributed by atoms with Gasteiger partial charge in [0, 0.05) is 41.5 Å². The molecule has 3 fully saturated rings. The molecule has 6 heteroatoms. The Morgan fingerprint density at radius 3 is 2.46 bits per heavy atom. The molecule has 154 valence electrons. The molecule has 2 saturated heterocycles. The Kier molecular flexibility index (Phi) is 5.87. The average molecular weight is 451 g/mol. The molecule has 1 saturated carbocycles. The number of likely N-dealkylation sites (tertiary alicyclic amines) is 1. The van der Waals surface area contributed by atoms with Gasteiger partial charge in [-0.15, -0.1) is 0 Å². The highest BCUT2D eigenvalue weighted by molar-refractivity contribution is 9.11. The van der Waals surface area contributed by atoms with Gasteiger partial charge in [0.05, 0.1) is 20.3 Å². The van der Waals surface area contributed by atoms with Gasteiger partial charge in [0.1, 0.15) is 5.75 Å². The van der Waals surface area contributed by atoms with E-state index in [1.807, 2.05) is 12.1 Å². The number of benzene rings is 1. The third-order valence-electron chi connectivity index (χ3n) is 6.76. The van der Waals surface area contributed by atoms with E-state index in [9.17, 15) is 0 Å². The van der Waals surface area contributed by atoms with Crippen LogP contribution in [0.3, 0.4) is 0 Å². The lowest BCUT2D eigenvalue weighted by Gasteiger charge is -2.49. The van der Waals surface area contributed by atoms with Crippen molar-refractivity contribution in [2.45, 2.75) is 61.9 Å². The van der Waals surface area contributed by atoms with E-state index in [0.717, 1.165) is 55.3 Å². The molecule has 1 aliphatic carbocycles. The summed E-state index contributed by atoms with van der Waals surface area (Å²) in [5, 5.41) is 0. The smallest absolute Gasteiger partial charge is 0.168 e. The van der Waals surface area contributed by atoms with Gasteiger partial charge in [-0.2, -0.15) is 0 Å². The zero-order valence-electron chi connectivity index (χ0n) is 16.7. The van der Waals surface area contributed by atoms with Gasteiger partial charge < -0.3 is 19.9 Å². The summed E-state index contributed by atoms with van der Waals surface area (Å²) in [4.78, 5) is 2.61. The van der Waals surface area contributed by atoms with Gasteiger partial charge in [0.2, 0.25) is 0 Å². The van der Waals surface area contributed by atoms with Gasteiger partial charge >= 0.3 is 0 Å². The fraction of sp³-hybridized carbons (Fsp3) is 0.636. The SMILES string of the molecule is C=C(Br)[C@H](Cc1ccc(OC)cc1)N1CC(N)CC12CCC1(CC2)OCCO1. The lowest BCUT2D eigenvalue weighted by Crippen LogP contribution is -2.54. The standard InChI is InChI=1S/C22H31BrN2O3/c1-16(23)20(13-17-3-5-19(26-2)6-4-17)25-15-18(24)14-21(25)7-9-22(10-8-21)27-11-12-28-22/h3-6,18,20H,1,7-15,24H2,2H3/t18?,20-/m0/s1. The molecule has 0 aromatic heterocycles. The number of nitrogens with zero attached hydrogens (tertiary/aromatic N) is 1. The molecule has 2 spiro atoms. The average Bonchev–Trinajstić information content (AvgIpc) is 3.27. The molecular formula is C22H31BrN2O3. The molecule has 4 rings (SSSR count). The van der Waals surface area contributed by atoms with Gasteiger partial charge in [-0.05, 0) is 43.4 Å². The minimum atomic E-state index is -0.347. The number of hydrogen-bond acceptors (Lipinski definition) is 5. The van der Waals surface area contributed by atoms with Gasteiger partial charge in [-0.25, -0.2) is 0 Å². The van der Waals surface area contributed by atoms with E-state index >= 15 is 0 Å². The molecule has 0 bridgehead atoms. The zero-order valence-corrected chi connectivity index (χ0v) is 18.2. The van der Waals surface area contributed by atoms with Crippen LogP contribution in [0.5, 0.6) is 5.75 Å². The number of ether oxygens (including phenoxy) is 3. The Hall–Kier alpha value is -0.920. The summed E-state index contributed by atoms with van der Waals surface area (Å²) in [7, 11) is 1.70. The Bertz CT molecular complexity index is 692. The van der Waals surface area contributed by atoms with E-state index < -0.39 is 0 Å². The quantitative estimate of drug-likeness (QED) is 0.742. The maximum atomic E-state index is 6.48. The van der Waals surface area contributed by atoms with E-state index in [1.165, 1.54) is 5.56 Å². The summed E-state index contributed by atoms with van der Waals surface area (Å²) in [5.74, 6) is 0.535. The van der Waals surface area contributed by atoms with Crippen LogP contribution in [0, 0.1) is 0 Å². The highest BCUT2D eigenvalue weighted by atomic mass is 79.9. The second-order valence-electron chi connectivity index (χ2n) is 8.46. The Morgan fingerprint density at radius 2 is 1.89 bits per heavy atom. The van der Waals surface area contributed by atoms with Crippen LogP contribution in [-0.2, 0) is 15.9 Å². The Labute approximate surface area is 176 Å². The largest absolute Gasteiger partial charge is 0.497 e. The van der Waals surface area contributed by atoms with E-state index in [0.29, 0.717) is 13.2 Å². The molecule has 2 aliphatic heterocycles. The maximum absolute atomic E-state index is 6.48. The molecule has 5 nitrogen and oxygen atoms in total. The summed E-state index contributed by atoms with van der Waals surface area (Å²) < 4.78 is 18.2.